The standard InChI is InChI=1S/C21H25.C8H8.C5H5.2ClH.Zr/c1-20(2,3)16-9-7-14-11-15-8-10-17(21(4,5)6)13-19(15)18(14)12-16;1-2-8-6-4-3-5-7-8;1-2-4-5-3-1;;;/h7-13H,1-6H3;3-7H,1H3;1-3H,4H2;2*1H;/q-1;;-1;;;+2/p-2. The van der Waals surface area contributed by atoms with Crippen molar-refractivity contribution < 1.29 is 49.0 Å². The molecule has 0 heterocycles. The molecule has 0 nitrogen and oxygen atoms in total. The molecule has 0 bridgehead atoms. The van der Waals surface area contributed by atoms with Crippen molar-refractivity contribution in [1.29, 1.82) is 0 Å². The summed E-state index contributed by atoms with van der Waals surface area (Å²) < 4.78 is 1.46. The average Bonchev–Trinajstić information content (AvgIpc) is 3.50. The molecule has 1 aliphatic rings. The number of hydrogen-bond acceptors (Lipinski definition) is 0. The van der Waals surface area contributed by atoms with Gasteiger partial charge in [0.05, 0.1) is 0 Å². The van der Waals surface area contributed by atoms with E-state index in [1.54, 1.807) is 0 Å². The van der Waals surface area contributed by atoms with Crippen LogP contribution in [0.15, 0.2) is 91.0 Å². The molecule has 0 N–H and O–H groups in total. The fourth-order valence-electron chi connectivity index (χ4n) is 3.96. The van der Waals surface area contributed by atoms with Crippen molar-refractivity contribution in [2.45, 2.75) is 65.7 Å². The average molecular weight is 609 g/mol. The van der Waals surface area contributed by atoms with E-state index in [4.69, 9.17) is 0 Å². The van der Waals surface area contributed by atoms with E-state index in [2.05, 4.69) is 127 Å². The van der Waals surface area contributed by atoms with Crippen LogP contribution in [0.2, 0.25) is 0 Å². The zero-order valence-corrected chi connectivity index (χ0v) is 27.1. The summed E-state index contributed by atoms with van der Waals surface area (Å²) in [5, 5.41) is 5.49. The van der Waals surface area contributed by atoms with Crippen LogP contribution in [0.1, 0.15) is 71.6 Å². The van der Waals surface area contributed by atoms with E-state index >= 15 is 0 Å². The molecule has 0 saturated carbocycles. The van der Waals surface area contributed by atoms with Crippen LogP contribution in [0.25, 0.3) is 21.5 Å². The third-order valence-electron chi connectivity index (χ3n) is 6.23. The minimum absolute atomic E-state index is 0. The van der Waals surface area contributed by atoms with Crippen LogP contribution in [0.5, 0.6) is 0 Å². The summed E-state index contributed by atoms with van der Waals surface area (Å²) in [6, 6.07) is 26.6. The number of allylic oxidation sites excluding steroid dienone is 4. The van der Waals surface area contributed by atoms with E-state index in [1.807, 2.05) is 18.2 Å². The first-order valence-electron chi connectivity index (χ1n) is 12.4. The van der Waals surface area contributed by atoms with Gasteiger partial charge in [0.15, 0.2) is 0 Å². The van der Waals surface area contributed by atoms with Crippen molar-refractivity contribution in [1.82, 2.24) is 0 Å². The summed E-state index contributed by atoms with van der Waals surface area (Å²) in [6.07, 6.45) is 10.0. The van der Waals surface area contributed by atoms with Crippen molar-refractivity contribution in [3.8, 4) is 0 Å². The molecule has 4 aromatic rings. The number of fused-ring (bicyclic) bond motifs is 3. The predicted octanol–water partition coefficient (Wildman–Crippen LogP) is 3.39. The zero-order valence-electron chi connectivity index (χ0n) is 23.1. The molecular weight excluding hydrogens is 571 g/mol. The van der Waals surface area contributed by atoms with E-state index in [1.165, 1.54) is 65.7 Å². The maximum absolute atomic E-state index is 2.99. The first-order chi connectivity index (χ1) is 16.5. The molecule has 0 saturated heterocycles. The van der Waals surface area contributed by atoms with Crippen LogP contribution >= 0.6 is 0 Å². The van der Waals surface area contributed by atoms with Gasteiger partial charge in [-0.05, 0) is 10.8 Å². The second-order valence-corrected chi connectivity index (χ2v) is 13.1. The molecule has 1 aliphatic carbocycles. The Morgan fingerprint density at radius 3 is 1.54 bits per heavy atom. The van der Waals surface area contributed by atoms with Gasteiger partial charge >= 0.3 is 70.3 Å². The summed E-state index contributed by atoms with van der Waals surface area (Å²) in [6.45, 7) is 15.8. The molecule has 0 amide bonds. The Hall–Kier alpha value is -1.66. The van der Waals surface area contributed by atoms with Gasteiger partial charge in [-0.1, -0.05) is 76.9 Å². The van der Waals surface area contributed by atoms with Crippen LogP contribution in [0, 0.1) is 6.08 Å². The Bertz CT molecular complexity index is 1270. The molecule has 0 atom stereocenters. The Morgan fingerprint density at radius 2 is 1.24 bits per heavy atom. The summed E-state index contributed by atoms with van der Waals surface area (Å²) in [4.78, 5) is 0. The summed E-state index contributed by atoms with van der Waals surface area (Å²) in [5.41, 5.74) is 4.57. The van der Waals surface area contributed by atoms with Crippen LogP contribution in [0.3, 0.4) is 0 Å². The normalized spacial score (nSPS) is 12.1. The molecule has 3 heteroatoms. The minimum Gasteiger partial charge on any atom is -1.00 e. The van der Waals surface area contributed by atoms with Gasteiger partial charge in [0, 0.05) is 0 Å². The van der Waals surface area contributed by atoms with Crippen molar-refractivity contribution in [3.05, 3.63) is 114 Å². The van der Waals surface area contributed by atoms with Crippen LogP contribution < -0.4 is 24.8 Å². The molecule has 0 unspecified atom stereocenters. The summed E-state index contributed by atoms with van der Waals surface area (Å²) >= 11 is 1.51. The minimum atomic E-state index is 0. The predicted molar refractivity (Wildman–Crippen MR) is 152 cm³/mol. The van der Waals surface area contributed by atoms with E-state index in [9.17, 15) is 0 Å². The molecular formula is C34H38Cl2Zr-2. The van der Waals surface area contributed by atoms with Crippen molar-refractivity contribution in [3.63, 3.8) is 0 Å². The van der Waals surface area contributed by atoms with Crippen LogP contribution in [-0.4, -0.2) is 3.21 Å². The van der Waals surface area contributed by atoms with Crippen LogP contribution in [-0.2, 0) is 35.1 Å². The molecule has 5 rings (SSSR count). The number of benzene rings is 3. The van der Waals surface area contributed by atoms with E-state index in [0.29, 0.717) is 0 Å². The zero-order chi connectivity index (χ0) is 25.6. The Morgan fingerprint density at radius 1 is 0.757 bits per heavy atom. The molecule has 0 fully saturated rings. The summed E-state index contributed by atoms with van der Waals surface area (Å²) in [7, 11) is 0. The Labute approximate surface area is 251 Å². The molecule has 4 aromatic carbocycles. The van der Waals surface area contributed by atoms with E-state index in [-0.39, 0.29) is 35.6 Å². The smallest absolute Gasteiger partial charge is 0.109 e. The van der Waals surface area contributed by atoms with Gasteiger partial charge in [0.1, 0.15) is 0 Å². The summed E-state index contributed by atoms with van der Waals surface area (Å²) in [5.74, 6) is 0. The largest absolute Gasteiger partial charge is 1.00 e. The van der Waals surface area contributed by atoms with Gasteiger partial charge in [-0.2, -0.15) is 6.08 Å². The van der Waals surface area contributed by atoms with E-state index < -0.39 is 0 Å². The fourth-order valence-corrected chi connectivity index (χ4v) is 4.37. The second kappa shape index (κ2) is 14.5. The molecule has 0 radical (unpaired) electrons. The van der Waals surface area contributed by atoms with Gasteiger partial charge < -0.3 is 24.8 Å². The number of halogens is 2. The SMILES string of the molecule is CC(C)(C)c1ccc2[cH-]c3ccc(C(C)(C)C)cc3c2c1.C[C](=[Zr+2])c1ccccc1.[C-]1=CC=CC1.[Cl-].[Cl-]. The molecule has 0 spiro atoms. The fraction of sp³-hybridized carbons (Fsp3) is 0.294. The number of hydrogen-bond donors (Lipinski definition) is 0. The second-order valence-electron chi connectivity index (χ2n) is 11.2. The maximum Gasteiger partial charge on any atom is -0.109 e. The van der Waals surface area contributed by atoms with E-state index in [0.717, 1.165) is 6.42 Å². The monoisotopic (exact) mass is 606 g/mol. The van der Waals surface area contributed by atoms with Gasteiger partial charge in [-0.25, -0.2) is 12.2 Å². The number of rotatable bonds is 1. The van der Waals surface area contributed by atoms with Gasteiger partial charge in [-0.3, -0.25) is 6.08 Å². The first kappa shape index (κ1) is 33.4. The van der Waals surface area contributed by atoms with Crippen molar-refractivity contribution >= 4 is 24.8 Å². The van der Waals surface area contributed by atoms with Gasteiger partial charge in [0.2, 0.25) is 0 Å². The quantitative estimate of drug-likeness (QED) is 0.291. The molecule has 0 aliphatic heterocycles. The Balaban J connectivity index is 0.000000354. The molecule has 37 heavy (non-hydrogen) atoms. The molecule has 0 aromatic heterocycles. The Kier molecular flexibility index (Phi) is 13.1. The van der Waals surface area contributed by atoms with Crippen molar-refractivity contribution in [2.24, 2.45) is 0 Å². The molecule has 194 valence electrons. The van der Waals surface area contributed by atoms with Gasteiger partial charge in [0.25, 0.3) is 0 Å². The topological polar surface area (TPSA) is 0 Å². The van der Waals surface area contributed by atoms with Crippen LogP contribution in [0.4, 0.5) is 0 Å². The first-order valence-corrected chi connectivity index (χ1v) is 13.7. The maximum atomic E-state index is 2.99. The third kappa shape index (κ3) is 9.55. The van der Waals surface area contributed by atoms with Crippen molar-refractivity contribution in [2.75, 3.05) is 0 Å². The van der Waals surface area contributed by atoms with Gasteiger partial charge in [-0.15, -0.1) is 46.2 Å². The third-order valence-corrected chi connectivity index (χ3v) is 6.94.